The highest BCUT2D eigenvalue weighted by Crippen LogP contribution is 2.49. The number of piperidine rings is 1. The Morgan fingerprint density at radius 3 is 2.60 bits per heavy atom. The summed E-state index contributed by atoms with van der Waals surface area (Å²) < 4.78 is 11.7. The highest BCUT2D eigenvalue weighted by Gasteiger charge is 2.47. The van der Waals surface area contributed by atoms with Gasteiger partial charge in [-0.3, -0.25) is 9.59 Å². The quantitative estimate of drug-likeness (QED) is 0.192. The van der Waals surface area contributed by atoms with Gasteiger partial charge in [-0.2, -0.15) is 0 Å². The van der Waals surface area contributed by atoms with Crippen LogP contribution in [0.3, 0.4) is 0 Å². The van der Waals surface area contributed by atoms with Crippen molar-refractivity contribution in [3.63, 3.8) is 0 Å². The topological polar surface area (TPSA) is 76.1 Å². The molecule has 2 saturated heterocycles. The number of anilines is 1. The van der Waals surface area contributed by atoms with Gasteiger partial charge in [0.15, 0.2) is 0 Å². The van der Waals surface area contributed by atoms with Gasteiger partial charge in [-0.25, -0.2) is 9.69 Å². The zero-order valence-corrected chi connectivity index (χ0v) is 26.2. The lowest BCUT2D eigenvalue weighted by molar-refractivity contribution is -0.122. The smallest absolute Gasteiger partial charge is 0.340 e. The predicted octanol–water partition coefficient (Wildman–Crippen LogP) is 6.57. The van der Waals surface area contributed by atoms with E-state index >= 15 is 0 Å². The highest BCUT2D eigenvalue weighted by molar-refractivity contribution is 6.22. The fourth-order valence-corrected chi connectivity index (χ4v) is 7.45. The van der Waals surface area contributed by atoms with Crippen LogP contribution in [0.25, 0.3) is 6.08 Å². The van der Waals surface area contributed by atoms with Crippen LogP contribution in [-0.2, 0) is 20.7 Å². The number of carbonyl (C=O) groups excluding carboxylic acids is 3. The SMILES string of the molecule is COc1cccc(/C=C2\[C@H]3CCC[C@]2(COC(=O)c2ccccc2N2C(=O)CC(C)C2=O)CN(CCCc2ccccc2)C3)c1. The molecule has 7 nitrogen and oxygen atoms in total. The zero-order valence-electron chi connectivity index (χ0n) is 26.2. The average molecular weight is 607 g/mol. The van der Waals surface area contributed by atoms with Crippen LogP contribution in [0.15, 0.2) is 84.4 Å². The van der Waals surface area contributed by atoms with Gasteiger partial charge in [-0.05, 0) is 73.5 Å². The number of rotatable bonds is 10. The van der Waals surface area contributed by atoms with Gasteiger partial charge in [0, 0.05) is 30.8 Å². The first-order chi connectivity index (χ1) is 21.9. The molecule has 0 spiro atoms. The summed E-state index contributed by atoms with van der Waals surface area (Å²) in [5.41, 5.74) is 3.97. The molecule has 45 heavy (non-hydrogen) atoms. The van der Waals surface area contributed by atoms with E-state index < -0.39 is 11.9 Å². The minimum absolute atomic E-state index is 0.144. The first-order valence-electron chi connectivity index (χ1n) is 16.1. The van der Waals surface area contributed by atoms with Crippen molar-refractivity contribution in [3.8, 4) is 5.75 Å². The van der Waals surface area contributed by atoms with Gasteiger partial charge in [0.05, 0.1) is 18.4 Å². The Morgan fingerprint density at radius 1 is 1.02 bits per heavy atom. The van der Waals surface area contributed by atoms with E-state index in [1.54, 1.807) is 38.3 Å². The van der Waals surface area contributed by atoms with Crippen LogP contribution in [0, 0.1) is 17.3 Å². The molecule has 7 heteroatoms. The van der Waals surface area contributed by atoms with Gasteiger partial charge in [0.25, 0.3) is 0 Å². The molecule has 0 aromatic heterocycles. The molecular weight excluding hydrogens is 564 g/mol. The van der Waals surface area contributed by atoms with E-state index in [-0.39, 0.29) is 35.8 Å². The number of nitrogens with zero attached hydrogens (tertiary/aromatic N) is 2. The predicted molar refractivity (Wildman–Crippen MR) is 175 cm³/mol. The molecule has 0 radical (unpaired) electrons. The molecule has 1 saturated carbocycles. The third-order valence-corrected chi connectivity index (χ3v) is 9.68. The van der Waals surface area contributed by atoms with Crippen LogP contribution < -0.4 is 9.64 Å². The molecule has 2 aliphatic heterocycles. The van der Waals surface area contributed by atoms with Crippen LogP contribution in [0.2, 0.25) is 0 Å². The van der Waals surface area contributed by atoms with Crippen molar-refractivity contribution in [3.05, 3.63) is 101 Å². The number of likely N-dealkylation sites (tertiary alicyclic amines) is 1. The number of hydrogen-bond donors (Lipinski definition) is 0. The van der Waals surface area contributed by atoms with Gasteiger partial charge in [-0.1, -0.05) is 79.6 Å². The molecule has 1 aliphatic carbocycles. The van der Waals surface area contributed by atoms with Crippen molar-refractivity contribution in [1.82, 2.24) is 4.90 Å². The maximum atomic E-state index is 13.8. The molecule has 3 aliphatic rings. The number of fused-ring (bicyclic) bond motifs is 2. The third kappa shape index (κ3) is 6.59. The number of para-hydroxylation sites is 1. The Labute approximate surface area is 265 Å². The largest absolute Gasteiger partial charge is 0.497 e. The summed E-state index contributed by atoms with van der Waals surface area (Å²) in [5, 5.41) is 0. The molecule has 3 aromatic rings. The maximum Gasteiger partial charge on any atom is 0.340 e. The summed E-state index contributed by atoms with van der Waals surface area (Å²) in [6.45, 7) is 4.75. The van der Waals surface area contributed by atoms with Gasteiger partial charge < -0.3 is 14.4 Å². The van der Waals surface area contributed by atoms with Crippen molar-refractivity contribution in [1.29, 1.82) is 0 Å². The number of esters is 1. The second-order valence-corrected chi connectivity index (χ2v) is 12.8. The van der Waals surface area contributed by atoms with Crippen molar-refractivity contribution in [2.24, 2.45) is 17.3 Å². The Hall–Kier alpha value is -4.23. The molecule has 3 atom stereocenters. The summed E-state index contributed by atoms with van der Waals surface area (Å²) in [6.07, 6.45) is 7.61. The number of carbonyl (C=O) groups is 3. The highest BCUT2D eigenvalue weighted by atomic mass is 16.5. The summed E-state index contributed by atoms with van der Waals surface area (Å²) >= 11 is 0. The molecule has 2 amide bonds. The number of amides is 2. The number of benzene rings is 3. The van der Waals surface area contributed by atoms with Gasteiger partial charge in [0.1, 0.15) is 12.4 Å². The second-order valence-electron chi connectivity index (χ2n) is 12.8. The first-order valence-corrected chi connectivity index (χ1v) is 16.1. The van der Waals surface area contributed by atoms with Crippen LogP contribution >= 0.6 is 0 Å². The summed E-state index contributed by atoms with van der Waals surface area (Å²) in [7, 11) is 1.68. The maximum absolute atomic E-state index is 13.8. The van der Waals surface area contributed by atoms with Crippen LogP contribution in [-0.4, -0.2) is 56.0 Å². The summed E-state index contributed by atoms with van der Waals surface area (Å²) in [4.78, 5) is 43.0. The Morgan fingerprint density at radius 2 is 1.82 bits per heavy atom. The number of ether oxygens (including phenoxy) is 2. The summed E-state index contributed by atoms with van der Waals surface area (Å²) in [6, 6.07) is 25.5. The third-order valence-electron chi connectivity index (χ3n) is 9.68. The van der Waals surface area contributed by atoms with Crippen molar-refractivity contribution in [2.45, 2.75) is 45.4 Å². The van der Waals surface area contributed by atoms with E-state index in [1.165, 1.54) is 11.1 Å². The van der Waals surface area contributed by atoms with E-state index in [0.717, 1.165) is 68.0 Å². The Balaban J connectivity index is 1.26. The summed E-state index contributed by atoms with van der Waals surface area (Å²) in [5.74, 6) is -0.310. The van der Waals surface area contributed by atoms with Crippen molar-refractivity contribution in [2.75, 3.05) is 38.3 Å². The molecule has 234 valence electrons. The number of methoxy groups -OCH3 is 1. The molecule has 1 unspecified atom stereocenters. The number of aryl methyl sites for hydroxylation is 1. The Bertz CT molecular complexity index is 1580. The van der Waals surface area contributed by atoms with Crippen molar-refractivity contribution < 1.29 is 23.9 Å². The minimum atomic E-state index is -0.510. The lowest BCUT2D eigenvalue weighted by Gasteiger charge is -2.51. The van der Waals surface area contributed by atoms with Gasteiger partial charge in [0.2, 0.25) is 11.8 Å². The van der Waals surface area contributed by atoms with E-state index in [9.17, 15) is 14.4 Å². The van der Waals surface area contributed by atoms with E-state index in [2.05, 4.69) is 53.4 Å². The van der Waals surface area contributed by atoms with Gasteiger partial charge >= 0.3 is 5.97 Å². The van der Waals surface area contributed by atoms with Crippen LogP contribution in [0.5, 0.6) is 5.75 Å². The lowest BCUT2D eigenvalue weighted by Crippen LogP contribution is -2.53. The molecule has 2 heterocycles. The second kappa shape index (κ2) is 13.4. The molecular formula is C38H42N2O5. The van der Waals surface area contributed by atoms with Gasteiger partial charge in [-0.15, -0.1) is 0 Å². The molecule has 3 fully saturated rings. The number of hydrogen-bond acceptors (Lipinski definition) is 6. The number of imide groups is 1. The zero-order chi connectivity index (χ0) is 31.4. The van der Waals surface area contributed by atoms with Crippen LogP contribution in [0.1, 0.15) is 60.5 Å². The molecule has 6 rings (SSSR count). The van der Waals surface area contributed by atoms with Crippen molar-refractivity contribution >= 4 is 29.5 Å². The molecule has 3 aromatic carbocycles. The average Bonchev–Trinajstić information content (AvgIpc) is 3.31. The van der Waals surface area contributed by atoms with E-state index in [0.29, 0.717) is 11.6 Å². The van der Waals surface area contributed by atoms with E-state index in [4.69, 9.17) is 9.47 Å². The molecule has 0 N–H and O–H groups in total. The minimum Gasteiger partial charge on any atom is -0.497 e. The normalized spacial score (nSPS) is 24.2. The fraction of sp³-hybridized carbons (Fsp3) is 0.395. The monoisotopic (exact) mass is 606 g/mol. The molecule has 2 bridgehead atoms. The first kappa shape index (κ1) is 30.8. The lowest BCUT2D eigenvalue weighted by atomic mass is 9.62. The Kier molecular flexibility index (Phi) is 9.17. The standard InChI is InChI=1S/C38H42N2O5/c1-27-21-35(41)40(36(27)42)34-18-7-6-17-32(34)37(43)45-26-38-19-9-15-30(33(38)23-29-13-8-16-31(22-29)44-2)24-39(25-38)20-10-14-28-11-4-3-5-12-28/h3-8,11-13,16-18,22-23,27,30H,9-10,14-15,19-21,24-26H2,1-2H3/b33-23+/t27?,30-,38+/m0/s1. The van der Waals surface area contributed by atoms with Crippen LogP contribution in [0.4, 0.5) is 5.69 Å². The van der Waals surface area contributed by atoms with E-state index in [1.807, 2.05) is 12.1 Å². The fourth-order valence-electron chi connectivity index (χ4n) is 7.45.